The zero-order valence-electron chi connectivity index (χ0n) is 16.2. The molecule has 1 unspecified atom stereocenters. The highest BCUT2D eigenvalue weighted by Crippen LogP contribution is 2.17. The van der Waals surface area contributed by atoms with Crippen molar-refractivity contribution in [2.45, 2.75) is 89.1 Å². The van der Waals surface area contributed by atoms with Crippen LogP contribution in [0.1, 0.15) is 77.0 Å². The average Bonchev–Trinajstić information content (AvgIpc) is 2.97. The first-order chi connectivity index (χ1) is 13.0. The summed E-state index contributed by atoms with van der Waals surface area (Å²) in [5, 5.41) is 15.3. The predicted octanol–water partition coefficient (Wildman–Crippen LogP) is 2.96. The normalized spacial score (nSPS) is 25.6. The molecule has 2 aliphatic rings. The third-order valence-electron chi connectivity index (χ3n) is 5.50. The topological polar surface area (TPSA) is 99.1 Å². The van der Waals surface area contributed by atoms with Crippen LogP contribution in [0.25, 0.3) is 0 Å². The number of carbonyl (C=O) groups is 1. The summed E-state index contributed by atoms with van der Waals surface area (Å²) in [7, 11) is -2.99. The SMILES string of the molecule is N#C/C(=C/NC1CCS(=O)(=O)C1)C(=O)NC1CCCCCCCCCCC1. The van der Waals surface area contributed by atoms with Gasteiger partial charge in [0.1, 0.15) is 11.6 Å². The largest absolute Gasteiger partial charge is 0.386 e. The van der Waals surface area contributed by atoms with Gasteiger partial charge in [0.15, 0.2) is 9.84 Å². The van der Waals surface area contributed by atoms with Crippen LogP contribution in [0.15, 0.2) is 11.8 Å². The van der Waals surface area contributed by atoms with Crippen LogP contribution in [0.4, 0.5) is 0 Å². The van der Waals surface area contributed by atoms with Crippen LogP contribution in [0, 0.1) is 11.3 Å². The second kappa shape index (κ2) is 11.3. The molecule has 1 aliphatic heterocycles. The molecule has 1 saturated heterocycles. The highest BCUT2D eigenvalue weighted by Gasteiger charge is 2.27. The van der Waals surface area contributed by atoms with Crippen molar-refractivity contribution in [2.75, 3.05) is 11.5 Å². The van der Waals surface area contributed by atoms with Gasteiger partial charge in [0.05, 0.1) is 11.5 Å². The lowest BCUT2D eigenvalue weighted by Crippen LogP contribution is -2.36. The minimum Gasteiger partial charge on any atom is -0.386 e. The first-order valence-electron chi connectivity index (χ1n) is 10.4. The highest BCUT2D eigenvalue weighted by atomic mass is 32.2. The van der Waals surface area contributed by atoms with E-state index in [1.807, 2.05) is 6.07 Å². The van der Waals surface area contributed by atoms with Gasteiger partial charge in [-0.2, -0.15) is 5.26 Å². The lowest BCUT2D eigenvalue weighted by molar-refractivity contribution is -0.117. The zero-order valence-corrected chi connectivity index (χ0v) is 17.0. The Bertz CT molecular complexity index is 640. The van der Waals surface area contributed by atoms with E-state index < -0.39 is 9.84 Å². The number of hydrogen-bond acceptors (Lipinski definition) is 5. The first kappa shape index (κ1) is 21.7. The number of nitrogens with one attached hydrogen (secondary N) is 2. The van der Waals surface area contributed by atoms with Crippen LogP contribution in [0.2, 0.25) is 0 Å². The van der Waals surface area contributed by atoms with Gasteiger partial charge in [-0.3, -0.25) is 4.79 Å². The van der Waals surface area contributed by atoms with E-state index in [4.69, 9.17) is 0 Å². The zero-order chi connectivity index (χ0) is 19.5. The van der Waals surface area contributed by atoms with Crippen LogP contribution < -0.4 is 10.6 Å². The van der Waals surface area contributed by atoms with Gasteiger partial charge in [0.2, 0.25) is 0 Å². The third-order valence-corrected chi connectivity index (χ3v) is 7.27. The minimum atomic E-state index is -2.99. The maximum absolute atomic E-state index is 12.5. The van der Waals surface area contributed by atoms with Crippen molar-refractivity contribution in [3.05, 3.63) is 11.8 Å². The fourth-order valence-corrected chi connectivity index (χ4v) is 5.53. The maximum Gasteiger partial charge on any atom is 0.263 e. The molecule has 1 atom stereocenters. The summed E-state index contributed by atoms with van der Waals surface area (Å²) in [4.78, 5) is 12.5. The van der Waals surface area contributed by atoms with E-state index in [1.165, 1.54) is 51.1 Å². The van der Waals surface area contributed by atoms with Crippen LogP contribution in [0.3, 0.4) is 0 Å². The van der Waals surface area contributed by atoms with Crippen molar-refractivity contribution in [3.8, 4) is 6.07 Å². The summed E-state index contributed by atoms with van der Waals surface area (Å²) in [6.07, 6.45) is 14.9. The predicted molar refractivity (Wildman–Crippen MR) is 107 cm³/mol. The maximum atomic E-state index is 12.5. The van der Waals surface area contributed by atoms with Crippen molar-refractivity contribution in [3.63, 3.8) is 0 Å². The van der Waals surface area contributed by atoms with E-state index in [9.17, 15) is 18.5 Å². The Labute approximate surface area is 163 Å². The van der Waals surface area contributed by atoms with Gasteiger partial charge < -0.3 is 10.6 Å². The number of amides is 1. The van der Waals surface area contributed by atoms with Crippen molar-refractivity contribution in [2.24, 2.45) is 0 Å². The van der Waals surface area contributed by atoms with Crippen molar-refractivity contribution >= 4 is 15.7 Å². The Morgan fingerprint density at radius 2 is 1.44 bits per heavy atom. The van der Waals surface area contributed by atoms with Crippen LogP contribution in [0.5, 0.6) is 0 Å². The minimum absolute atomic E-state index is 0.0189. The molecule has 7 heteroatoms. The van der Waals surface area contributed by atoms with E-state index in [0.717, 1.165) is 25.7 Å². The lowest BCUT2D eigenvalue weighted by atomic mass is 9.98. The van der Waals surface area contributed by atoms with E-state index in [2.05, 4.69) is 10.6 Å². The molecule has 0 aromatic carbocycles. The van der Waals surface area contributed by atoms with Crippen LogP contribution in [-0.4, -0.2) is 37.9 Å². The molecule has 0 spiro atoms. The molecular formula is C20H33N3O3S. The molecule has 0 bridgehead atoms. The molecule has 0 aromatic rings. The van der Waals surface area contributed by atoms with Gasteiger partial charge in [-0.05, 0) is 19.3 Å². The molecular weight excluding hydrogens is 362 g/mol. The van der Waals surface area contributed by atoms with Gasteiger partial charge in [-0.1, -0.05) is 57.8 Å². The standard InChI is InChI=1S/C20H33N3O3S/c21-14-17(15-22-19-12-13-27(25,26)16-19)20(24)23-18-10-8-6-4-2-1-3-5-7-9-11-18/h15,18-19,22H,1-13,16H2,(H,23,24)/b17-15-. The molecule has 2 N–H and O–H groups in total. The summed E-state index contributed by atoms with van der Waals surface area (Å²) in [6.45, 7) is 0. The molecule has 1 aliphatic carbocycles. The number of nitriles is 1. The Kier molecular flexibility index (Phi) is 9.12. The number of sulfone groups is 1. The number of rotatable bonds is 4. The van der Waals surface area contributed by atoms with Gasteiger partial charge in [0, 0.05) is 18.3 Å². The molecule has 1 amide bonds. The smallest absolute Gasteiger partial charge is 0.263 e. The molecule has 0 aromatic heterocycles. The van der Waals surface area contributed by atoms with E-state index >= 15 is 0 Å². The highest BCUT2D eigenvalue weighted by molar-refractivity contribution is 7.91. The molecule has 0 radical (unpaired) electrons. The van der Waals surface area contributed by atoms with Gasteiger partial charge in [-0.25, -0.2) is 8.42 Å². The van der Waals surface area contributed by atoms with Crippen molar-refractivity contribution in [1.29, 1.82) is 5.26 Å². The quantitative estimate of drug-likeness (QED) is 0.563. The molecule has 152 valence electrons. The Balaban J connectivity index is 1.86. The van der Waals surface area contributed by atoms with Gasteiger partial charge in [-0.15, -0.1) is 0 Å². The van der Waals surface area contributed by atoms with Crippen LogP contribution in [-0.2, 0) is 14.6 Å². The summed E-state index contributed by atoms with van der Waals surface area (Å²) in [5.74, 6) is -0.135. The number of nitrogens with zero attached hydrogens (tertiary/aromatic N) is 1. The van der Waals surface area contributed by atoms with Crippen molar-refractivity contribution in [1.82, 2.24) is 10.6 Å². The third kappa shape index (κ3) is 8.34. The fraction of sp³-hybridized carbons (Fsp3) is 0.800. The number of hydrogen-bond donors (Lipinski definition) is 2. The lowest BCUT2D eigenvalue weighted by Gasteiger charge is -2.19. The van der Waals surface area contributed by atoms with Gasteiger partial charge >= 0.3 is 0 Å². The van der Waals surface area contributed by atoms with E-state index in [0.29, 0.717) is 6.42 Å². The van der Waals surface area contributed by atoms with Gasteiger partial charge in [0.25, 0.3) is 5.91 Å². The fourth-order valence-electron chi connectivity index (χ4n) is 3.85. The molecule has 2 rings (SSSR count). The van der Waals surface area contributed by atoms with Crippen molar-refractivity contribution < 1.29 is 13.2 Å². The summed E-state index contributed by atoms with van der Waals surface area (Å²) >= 11 is 0. The summed E-state index contributed by atoms with van der Waals surface area (Å²) < 4.78 is 23.0. The number of carbonyl (C=O) groups excluding carboxylic acids is 1. The molecule has 6 nitrogen and oxygen atoms in total. The Hall–Kier alpha value is -1.55. The van der Waals surface area contributed by atoms with E-state index in [1.54, 1.807) is 0 Å². The summed E-state index contributed by atoms with van der Waals surface area (Å²) in [6, 6.07) is 1.84. The second-order valence-corrected chi connectivity index (χ2v) is 10.1. The molecule has 1 heterocycles. The Morgan fingerprint density at radius 1 is 0.889 bits per heavy atom. The Morgan fingerprint density at radius 3 is 1.93 bits per heavy atom. The molecule has 27 heavy (non-hydrogen) atoms. The summed E-state index contributed by atoms with van der Waals surface area (Å²) in [5.41, 5.74) is 0.0189. The molecule has 1 saturated carbocycles. The second-order valence-electron chi connectivity index (χ2n) is 7.87. The monoisotopic (exact) mass is 395 g/mol. The van der Waals surface area contributed by atoms with Crippen LogP contribution >= 0.6 is 0 Å². The first-order valence-corrected chi connectivity index (χ1v) is 12.2. The van der Waals surface area contributed by atoms with E-state index in [-0.39, 0.29) is 35.1 Å². The average molecular weight is 396 g/mol. The molecule has 2 fully saturated rings.